The fraction of sp³-hybridized carbons (Fsp3) is 0.231. The number of hydrogen-bond acceptors (Lipinski definition) is 4. The first-order valence-electron chi connectivity index (χ1n) is 5.73. The second-order valence-corrected chi connectivity index (χ2v) is 7.24. The molecule has 0 aliphatic rings. The van der Waals surface area contributed by atoms with Gasteiger partial charge in [-0.2, -0.15) is 0 Å². The van der Waals surface area contributed by atoms with Crippen LogP contribution in [0.25, 0.3) is 11.3 Å². The van der Waals surface area contributed by atoms with Crippen molar-refractivity contribution in [3.05, 3.63) is 41.8 Å². The first-order chi connectivity index (χ1) is 8.91. The van der Waals surface area contributed by atoms with Crippen molar-refractivity contribution in [3.8, 4) is 11.3 Å². The van der Waals surface area contributed by atoms with Crippen LogP contribution in [-0.4, -0.2) is 23.6 Å². The Morgan fingerprint density at radius 3 is 2.26 bits per heavy atom. The monoisotopic (exact) mass is 296 g/mol. The number of halogens is 1. The fourth-order valence-electron chi connectivity index (χ4n) is 1.57. The lowest BCUT2D eigenvalue weighted by molar-refractivity contribution is 0.587. The van der Waals surface area contributed by atoms with E-state index in [1.807, 2.05) is 0 Å². The molecule has 2 aromatic rings. The van der Waals surface area contributed by atoms with Crippen molar-refractivity contribution in [2.24, 2.45) is 0 Å². The summed E-state index contributed by atoms with van der Waals surface area (Å²) in [5, 5.41) is -0.138. The number of aromatic nitrogens is 2. The molecule has 0 radical (unpaired) electrons. The summed E-state index contributed by atoms with van der Waals surface area (Å²) in [6.07, 6.45) is 3.03. The maximum absolute atomic E-state index is 12.0. The Balaban J connectivity index is 2.39. The molecule has 100 valence electrons. The molecule has 0 aliphatic carbocycles. The molecule has 1 aromatic heterocycles. The van der Waals surface area contributed by atoms with Gasteiger partial charge in [-0.05, 0) is 26.0 Å². The van der Waals surface area contributed by atoms with Crippen LogP contribution in [0.3, 0.4) is 0 Å². The topological polar surface area (TPSA) is 59.9 Å². The Morgan fingerprint density at radius 2 is 1.74 bits per heavy atom. The third-order valence-corrected chi connectivity index (χ3v) is 5.06. The Kier molecular flexibility index (Phi) is 3.87. The number of rotatable bonds is 3. The van der Waals surface area contributed by atoms with Crippen LogP contribution in [0.5, 0.6) is 0 Å². The second-order valence-electron chi connectivity index (χ2n) is 4.35. The summed E-state index contributed by atoms with van der Waals surface area (Å²) in [5.41, 5.74) is 1.39. The molecule has 4 nitrogen and oxygen atoms in total. The van der Waals surface area contributed by atoms with E-state index >= 15 is 0 Å². The lowest BCUT2D eigenvalue weighted by atomic mass is 10.2. The van der Waals surface area contributed by atoms with Crippen LogP contribution in [-0.2, 0) is 9.84 Å². The largest absolute Gasteiger partial charge is 0.259 e. The summed E-state index contributed by atoms with van der Waals surface area (Å²) in [4.78, 5) is 8.38. The highest BCUT2D eigenvalue weighted by molar-refractivity contribution is 7.92. The van der Waals surface area contributed by atoms with E-state index in [2.05, 4.69) is 9.97 Å². The smallest absolute Gasteiger partial charge is 0.180 e. The van der Waals surface area contributed by atoms with Crippen molar-refractivity contribution >= 4 is 21.4 Å². The molecule has 0 fully saturated rings. The van der Waals surface area contributed by atoms with Crippen molar-refractivity contribution in [2.75, 3.05) is 0 Å². The average Bonchev–Trinajstić information content (AvgIpc) is 2.38. The normalized spacial score (nSPS) is 11.8. The highest BCUT2D eigenvalue weighted by atomic mass is 35.5. The molecular weight excluding hydrogens is 284 g/mol. The zero-order valence-corrected chi connectivity index (χ0v) is 12.1. The summed E-state index contributed by atoms with van der Waals surface area (Å²) >= 11 is 5.77. The van der Waals surface area contributed by atoms with Gasteiger partial charge >= 0.3 is 0 Å². The van der Waals surface area contributed by atoms with Gasteiger partial charge in [-0.15, -0.1) is 0 Å². The maximum atomic E-state index is 12.0. The Morgan fingerprint density at radius 1 is 1.11 bits per heavy atom. The standard InChI is InChI=1S/C13H13ClN2O2S/c1-9(2)19(17,18)11-5-3-10(4-6-11)12-7-15-8-13(14)16-12/h3-9H,1-2H3. The molecule has 0 aliphatic heterocycles. The van der Waals surface area contributed by atoms with Gasteiger partial charge in [0.15, 0.2) is 9.84 Å². The SMILES string of the molecule is CC(C)S(=O)(=O)c1ccc(-c2cncc(Cl)n2)cc1. The Bertz CT molecular complexity index is 682. The van der Waals surface area contributed by atoms with Crippen LogP contribution >= 0.6 is 11.6 Å². The molecule has 6 heteroatoms. The molecule has 2 rings (SSSR count). The second kappa shape index (κ2) is 5.27. The third-order valence-electron chi connectivity index (χ3n) is 2.70. The predicted octanol–water partition coefficient (Wildman–Crippen LogP) is 2.98. The average molecular weight is 297 g/mol. The number of sulfone groups is 1. The van der Waals surface area contributed by atoms with E-state index in [1.165, 1.54) is 6.20 Å². The molecular formula is C13H13ClN2O2S. The van der Waals surface area contributed by atoms with E-state index in [9.17, 15) is 8.42 Å². The molecule has 1 heterocycles. The van der Waals surface area contributed by atoms with Gasteiger partial charge in [-0.1, -0.05) is 23.7 Å². The summed E-state index contributed by atoms with van der Waals surface area (Å²) in [5.74, 6) is 0. The quantitative estimate of drug-likeness (QED) is 0.873. The van der Waals surface area contributed by atoms with Crippen molar-refractivity contribution in [2.45, 2.75) is 24.0 Å². The van der Waals surface area contributed by atoms with Crippen LogP contribution in [0.1, 0.15) is 13.8 Å². The molecule has 0 atom stereocenters. The van der Waals surface area contributed by atoms with Crippen LogP contribution in [0.2, 0.25) is 5.15 Å². The molecule has 0 saturated carbocycles. The fourth-order valence-corrected chi connectivity index (χ4v) is 2.78. The molecule has 0 bridgehead atoms. The maximum Gasteiger partial charge on any atom is 0.180 e. The summed E-state index contributed by atoms with van der Waals surface area (Å²) in [6, 6.07) is 6.56. The van der Waals surface area contributed by atoms with E-state index in [-0.39, 0.29) is 0 Å². The van der Waals surface area contributed by atoms with E-state index < -0.39 is 15.1 Å². The number of nitrogens with zero attached hydrogens (tertiary/aromatic N) is 2. The van der Waals surface area contributed by atoms with Crippen molar-refractivity contribution in [1.29, 1.82) is 0 Å². The van der Waals surface area contributed by atoms with E-state index in [0.717, 1.165) is 5.56 Å². The van der Waals surface area contributed by atoms with Crippen molar-refractivity contribution < 1.29 is 8.42 Å². The zero-order valence-electron chi connectivity index (χ0n) is 10.5. The number of hydrogen-bond donors (Lipinski definition) is 0. The highest BCUT2D eigenvalue weighted by Crippen LogP contribution is 2.22. The summed E-state index contributed by atoms with van der Waals surface area (Å²) < 4.78 is 24.0. The van der Waals surface area contributed by atoms with E-state index in [4.69, 9.17) is 11.6 Å². The number of benzene rings is 1. The Hall–Kier alpha value is -1.46. The van der Waals surface area contributed by atoms with Crippen molar-refractivity contribution in [1.82, 2.24) is 9.97 Å². The highest BCUT2D eigenvalue weighted by Gasteiger charge is 2.18. The van der Waals surface area contributed by atoms with Gasteiger partial charge in [-0.3, -0.25) is 4.98 Å². The van der Waals surface area contributed by atoms with Gasteiger partial charge in [0, 0.05) is 5.56 Å². The van der Waals surface area contributed by atoms with Gasteiger partial charge in [0.1, 0.15) is 5.15 Å². The van der Waals surface area contributed by atoms with Crippen LogP contribution in [0.15, 0.2) is 41.6 Å². The molecule has 0 unspecified atom stereocenters. The zero-order chi connectivity index (χ0) is 14.0. The van der Waals surface area contributed by atoms with Gasteiger partial charge in [0.05, 0.1) is 28.2 Å². The Labute approximate surface area is 117 Å². The van der Waals surface area contributed by atoms with Crippen LogP contribution < -0.4 is 0 Å². The molecule has 0 amide bonds. The van der Waals surface area contributed by atoms with Crippen LogP contribution in [0, 0.1) is 0 Å². The van der Waals surface area contributed by atoms with E-state index in [0.29, 0.717) is 15.7 Å². The lowest BCUT2D eigenvalue weighted by Gasteiger charge is -2.08. The minimum Gasteiger partial charge on any atom is -0.259 e. The predicted molar refractivity (Wildman–Crippen MR) is 74.8 cm³/mol. The van der Waals surface area contributed by atoms with E-state index in [1.54, 1.807) is 44.3 Å². The summed E-state index contributed by atoms with van der Waals surface area (Å²) in [6.45, 7) is 3.32. The van der Waals surface area contributed by atoms with Crippen LogP contribution in [0.4, 0.5) is 0 Å². The lowest BCUT2D eigenvalue weighted by Crippen LogP contribution is -2.13. The van der Waals surface area contributed by atoms with Gasteiger partial charge in [0.25, 0.3) is 0 Å². The minimum absolute atomic E-state index is 0.302. The molecule has 0 saturated heterocycles. The molecule has 19 heavy (non-hydrogen) atoms. The minimum atomic E-state index is -3.25. The third kappa shape index (κ3) is 2.93. The molecule has 1 aromatic carbocycles. The summed E-state index contributed by atoms with van der Waals surface area (Å²) in [7, 11) is -3.25. The molecule has 0 N–H and O–H groups in total. The first kappa shape index (κ1) is 14.0. The van der Waals surface area contributed by atoms with Gasteiger partial charge in [0.2, 0.25) is 0 Å². The first-order valence-corrected chi connectivity index (χ1v) is 7.65. The van der Waals surface area contributed by atoms with Gasteiger partial charge < -0.3 is 0 Å². The van der Waals surface area contributed by atoms with Crippen molar-refractivity contribution in [3.63, 3.8) is 0 Å². The van der Waals surface area contributed by atoms with Gasteiger partial charge in [-0.25, -0.2) is 13.4 Å². The molecule has 0 spiro atoms.